The molecule has 0 atom stereocenters. The number of hydrogen-bond acceptors (Lipinski definition) is 1. The number of hydrogen-bond donors (Lipinski definition) is 1. The molecule has 2 aromatic carbocycles. The van der Waals surface area contributed by atoms with E-state index < -0.39 is 0 Å². The van der Waals surface area contributed by atoms with Crippen LogP contribution in [0.4, 0.5) is 0 Å². The molecule has 0 aliphatic heterocycles. The van der Waals surface area contributed by atoms with Gasteiger partial charge in [-0.15, -0.1) is 0 Å². The average molecular weight is 184 g/mol. The van der Waals surface area contributed by atoms with Gasteiger partial charge in [0.15, 0.2) is 0 Å². The van der Waals surface area contributed by atoms with Crippen molar-refractivity contribution in [3.05, 3.63) is 48.0 Å². The van der Waals surface area contributed by atoms with Crippen LogP contribution in [0.25, 0.3) is 16.8 Å². The molecule has 0 bridgehead atoms. The van der Waals surface area contributed by atoms with Gasteiger partial charge in [-0.05, 0) is 35.6 Å². The lowest BCUT2D eigenvalue weighted by molar-refractivity contribution is 0.481. The monoisotopic (exact) mass is 184 g/mol. The van der Waals surface area contributed by atoms with Crippen molar-refractivity contribution in [2.75, 3.05) is 0 Å². The number of phenols is 1. The Kier molecular flexibility index (Phi) is 2.01. The lowest BCUT2D eigenvalue weighted by Crippen LogP contribution is -1.79. The first-order valence-electron chi connectivity index (χ1n) is 4.56. The molecule has 2 aromatic rings. The first kappa shape index (κ1) is 8.82. The molecular weight excluding hydrogens is 172 g/mol. The van der Waals surface area contributed by atoms with Crippen molar-refractivity contribution >= 4 is 16.8 Å². The third-order valence-corrected chi connectivity index (χ3v) is 2.34. The number of rotatable bonds is 1. The molecule has 0 heterocycles. The van der Waals surface area contributed by atoms with Gasteiger partial charge >= 0.3 is 0 Å². The number of aryl methyl sites for hydroxylation is 1. The fraction of sp³-hybridized carbons (Fsp3) is 0.0769. The molecule has 0 amide bonds. The Bertz CT molecular complexity index is 498. The number of aromatic hydroxyl groups is 1. The quantitative estimate of drug-likeness (QED) is 0.719. The summed E-state index contributed by atoms with van der Waals surface area (Å²) in [4.78, 5) is 0. The zero-order valence-corrected chi connectivity index (χ0v) is 8.12. The molecule has 0 unspecified atom stereocenters. The highest BCUT2D eigenvalue weighted by Gasteiger charge is 2.00. The largest absolute Gasteiger partial charge is 0.507 e. The Labute approximate surface area is 83.3 Å². The molecule has 0 spiro atoms. The molecule has 0 aliphatic carbocycles. The Hall–Kier alpha value is -1.76. The van der Waals surface area contributed by atoms with E-state index >= 15 is 0 Å². The molecule has 0 aromatic heterocycles. The molecule has 0 aliphatic rings. The zero-order chi connectivity index (χ0) is 10.1. The van der Waals surface area contributed by atoms with Gasteiger partial charge in [-0.1, -0.05) is 30.9 Å². The highest BCUT2D eigenvalue weighted by molar-refractivity contribution is 5.90. The summed E-state index contributed by atoms with van der Waals surface area (Å²) in [5.74, 6) is 0.337. The summed E-state index contributed by atoms with van der Waals surface area (Å²) < 4.78 is 0. The van der Waals surface area contributed by atoms with Crippen LogP contribution in [0, 0.1) is 6.92 Å². The third-order valence-electron chi connectivity index (χ3n) is 2.34. The standard InChI is InChI=1S/C13H12O/c1-3-10-4-5-11-6-9(2)7-13(14)12(11)8-10/h3-8,14H,1H2,2H3. The van der Waals surface area contributed by atoms with E-state index in [2.05, 4.69) is 12.6 Å². The van der Waals surface area contributed by atoms with E-state index in [-0.39, 0.29) is 0 Å². The Morgan fingerprint density at radius 1 is 1.21 bits per heavy atom. The van der Waals surface area contributed by atoms with Gasteiger partial charge in [0, 0.05) is 5.39 Å². The van der Waals surface area contributed by atoms with Gasteiger partial charge in [-0.3, -0.25) is 0 Å². The molecule has 0 radical (unpaired) electrons. The van der Waals surface area contributed by atoms with Crippen LogP contribution in [-0.4, -0.2) is 5.11 Å². The minimum atomic E-state index is 0.337. The summed E-state index contributed by atoms with van der Waals surface area (Å²) in [7, 11) is 0. The van der Waals surface area contributed by atoms with Gasteiger partial charge in [-0.2, -0.15) is 0 Å². The minimum Gasteiger partial charge on any atom is -0.507 e. The molecule has 1 N–H and O–H groups in total. The van der Waals surface area contributed by atoms with E-state index in [1.807, 2.05) is 25.1 Å². The first-order valence-corrected chi connectivity index (χ1v) is 4.56. The number of phenolic OH excluding ortho intramolecular Hbond substituents is 1. The van der Waals surface area contributed by atoms with Crippen LogP contribution in [0.3, 0.4) is 0 Å². The number of benzene rings is 2. The fourth-order valence-corrected chi connectivity index (χ4v) is 1.63. The molecule has 0 fully saturated rings. The Balaban J connectivity index is 2.81. The predicted molar refractivity (Wildman–Crippen MR) is 60.4 cm³/mol. The summed E-state index contributed by atoms with van der Waals surface area (Å²) in [5, 5.41) is 11.7. The zero-order valence-electron chi connectivity index (χ0n) is 8.12. The van der Waals surface area contributed by atoms with Crippen LogP contribution >= 0.6 is 0 Å². The lowest BCUT2D eigenvalue weighted by Gasteiger charge is -2.04. The van der Waals surface area contributed by atoms with Crippen LogP contribution in [-0.2, 0) is 0 Å². The summed E-state index contributed by atoms with van der Waals surface area (Å²) in [6.45, 7) is 5.68. The second-order valence-corrected chi connectivity index (χ2v) is 3.47. The molecule has 70 valence electrons. The average Bonchev–Trinajstić information content (AvgIpc) is 2.17. The molecule has 2 rings (SSSR count). The van der Waals surface area contributed by atoms with Crippen molar-refractivity contribution in [1.82, 2.24) is 0 Å². The van der Waals surface area contributed by atoms with Gasteiger partial charge in [0.05, 0.1) is 0 Å². The maximum absolute atomic E-state index is 9.74. The highest BCUT2D eigenvalue weighted by atomic mass is 16.3. The topological polar surface area (TPSA) is 20.2 Å². The van der Waals surface area contributed by atoms with Crippen molar-refractivity contribution in [2.24, 2.45) is 0 Å². The molecule has 0 saturated carbocycles. The van der Waals surface area contributed by atoms with Gasteiger partial charge in [0.1, 0.15) is 5.75 Å². The molecule has 1 heteroatoms. The van der Waals surface area contributed by atoms with Crippen LogP contribution in [0.2, 0.25) is 0 Å². The molecular formula is C13H12O. The van der Waals surface area contributed by atoms with Gasteiger partial charge < -0.3 is 5.11 Å². The maximum Gasteiger partial charge on any atom is 0.123 e. The third kappa shape index (κ3) is 1.37. The summed E-state index contributed by atoms with van der Waals surface area (Å²) in [6.07, 6.45) is 1.78. The Morgan fingerprint density at radius 3 is 2.71 bits per heavy atom. The van der Waals surface area contributed by atoms with Crippen molar-refractivity contribution < 1.29 is 5.11 Å². The molecule has 14 heavy (non-hydrogen) atoms. The van der Waals surface area contributed by atoms with E-state index in [0.29, 0.717) is 5.75 Å². The second kappa shape index (κ2) is 3.18. The highest BCUT2D eigenvalue weighted by Crippen LogP contribution is 2.27. The summed E-state index contributed by atoms with van der Waals surface area (Å²) >= 11 is 0. The van der Waals surface area contributed by atoms with E-state index in [1.165, 1.54) is 0 Å². The normalized spacial score (nSPS) is 10.4. The van der Waals surface area contributed by atoms with Crippen LogP contribution in [0.5, 0.6) is 5.75 Å². The predicted octanol–water partition coefficient (Wildman–Crippen LogP) is 3.50. The lowest BCUT2D eigenvalue weighted by atomic mass is 10.0. The molecule has 0 saturated heterocycles. The van der Waals surface area contributed by atoms with E-state index in [0.717, 1.165) is 21.9 Å². The SMILES string of the molecule is C=Cc1ccc2cc(C)cc(O)c2c1. The second-order valence-electron chi connectivity index (χ2n) is 3.47. The van der Waals surface area contributed by atoms with Crippen molar-refractivity contribution in [3.8, 4) is 5.75 Å². The smallest absolute Gasteiger partial charge is 0.123 e. The Morgan fingerprint density at radius 2 is 2.00 bits per heavy atom. The van der Waals surface area contributed by atoms with E-state index in [4.69, 9.17) is 0 Å². The van der Waals surface area contributed by atoms with Crippen LogP contribution in [0.15, 0.2) is 36.9 Å². The van der Waals surface area contributed by atoms with Gasteiger partial charge in [-0.25, -0.2) is 0 Å². The summed E-state index contributed by atoms with van der Waals surface area (Å²) in [5.41, 5.74) is 2.10. The van der Waals surface area contributed by atoms with E-state index in [1.54, 1.807) is 12.1 Å². The minimum absolute atomic E-state index is 0.337. The van der Waals surface area contributed by atoms with E-state index in [9.17, 15) is 5.11 Å². The van der Waals surface area contributed by atoms with Crippen LogP contribution < -0.4 is 0 Å². The number of fused-ring (bicyclic) bond motifs is 1. The van der Waals surface area contributed by atoms with Crippen LogP contribution in [0.1, 0.15) is 11.1 Å². The molecule has 1 nitrogen and oxygen atoms in total. The van der Waals surface area contributed by atoms with Gasteiger partial charge in [0.2, 0.25) is 0 Å². The van der Waals surface area contributed by atoms with Gasteiger partial charge in [0.25, 0.3) is 0 Å². The first-order chi connectivity index (χ1) is 6.70. The summed E-state index contributed by atoms with van der Waals surface area (Å²) in [6, 6.07) is 9.77. The maximum atomic E-state index is 9.74. The van der Waals surface area contributed by atoms with Crippen molar-refractivity contribution in [1.29, 1.82) is 0 Å². The van der Waals surface area contributed by atoms with Crippen molar-refractivity contribution in [2.45, 2.75) is 6.92 Å². The van der Waals surface area contributed by atoms with Crippen molar-refractivity contribution in [3.63, 3.8) is 0 Å². The fourth-order valence-electron chi connectivity index (χ4n) is 1.63.